The minimum absolute atomic E-state index is 0. The molecule has 2 heteroatoms. The first-order valence-electron chi connectivity index (χ1n) is 5.36. The molecule has 0 rings (SSSR count). The Hall–Kier alpha value is 0.250. The van der Waals surface area contributed by atoms with Crippen molar-refractivity contribution in [3.8, 4) is 0 Å². The zero-order chi connectivity index (χ0) is 9.40. The van der Waals surface area contributed by atoms with Crippen molar-refractivity contribution in [1.29, 1.82) is 0 Å². The van der Waals surface area contributed by atoms with Crippen molar-refractivity contribution in [2.75, 3.05) is 0 Å². The lowest BCUT2D eigenvalue weighted by Crippen LogP contribution is -2.12. The average Bonchev–Trinajstić information content (AvgIpc) is 2.03. The van der Waals surface area contributed by atoms with Crippen LogP contribution in [-0.2, 0) is 0 Å². The van der Waals surface area contributed by atoms with E-state index in [2.05, 4.69) is 13.8 Å². The van der Waals surface area contributed by atoms with Crippen LogP contribution in [0.2, 0.25) is 0 Å². The molecule has 0 spiro atoms. The Kier molecular flexibility index (Phi) is 12.5. The Morgan fingerprint density at radius 2 is 1.54 bits per heavy atom. The van der Waals surface area contributed by atoms with E-state index in [0.29, 0.717) is 5.92 Å². The largest absolute Gasteiger partial charge is 0.393 e. The summed E-state index contributed by atoms with van der Waals surface area (Å²) in [6.45, 7) is 6.25. The number of rotatable bonds is 7. The Morgan fingerprint density at radius 1 is 1.00 bits per heavy atom. The third kappa shape index (κ3) is 10.2. The molecule has 1 N–H and O–H groups in total. The molecule has 0 aromatic rings. The zero-order valence-corrected chi connectivity index (χ0v) is 10.1. The Bertz CT molecular complexity index is 94.1. The SMILES string of the molecule is CCCCCCCC(C)C(C)O.Cl. The van der Waals surface area contributed by atoms with Gasteiger partial charge < -0.3 is 5.11 Å². The van der Waals surface area contributed by atoms with E-state index in [-0.39, 0.29) is 18.5 Å². The lowest BCUT2D eigenvalue weighted by Gasteiger charge is -2.13. The Morgan fingerprint density at radius 3 is 2.00 bits per heavy atom. The van der Waals surface area contributed by atoms with Crippen molar-refractivity contribution in [2.24, 2.45) is 5.92 Å². The summed E-state index contributed by atoms with van der Waals surface area (Å²) in [5.41, 5.74) is 0. The summed E-state index contributed by atoms with van der Waals surface area (Å²) in [5, 5.41) is 9.22. The van der Waals surface area contributed by atoms with Gasteiger partial charge in [0.25, 0.3) is 0 Å². The molecule has 0 fully saturated rings. The number of unbranched alkanes of at least 4 members (excludes halogenated alkanes) is 4. The highest BCUT2D eigenvalue weighted by molar-refractivity contribution is 5.85. The average molecular weight is 209 g/mol. The van der Waals surface area contributed by atoms with Gasteiger partial charge in [-0.15, -0.1) is 12.4 Å². The van der Waals surface area contributed by atoms with Crippen LogP contribution in [0.4, 0.5) is 0 Å². The first-order valence-corrected chi connectivity index (χ1v) is 5.36. The van der Waals surface area contributed by atoms with Gasteiger partial charge >= 0.3 is 0 Å². The molecule has 0 aliphatic carbocycles. The predicted octanol–water partition coefficient (Wildman–Crippen LogP) is 3.79. The highest BCUT2D eigenvalue weighted by Crippen LogP contribution is 2.13. The van der Waals surface area contributed by atoms with E-state index in [1.165, 1.54) is 38.5 Å². The Balaban J connectivity index is 0. The fraction of sp³-hybridized carbons (Fsp3) is 1.00. The second-order valence-electron chi connectivity index (χ2n) is 3.92. The first kappa shape index (κ1) is 15.7. The van der Waals surface area contributed by atoms with Crippen LogP contribution < -0.4 is 0 Å². The van der Waals surface area contributed by atoms with Crippen LogP contribution in [0.1, 0.15) is 59.3 Å². The van der Waals surface area contributed by atoms with Crippen molar-refractivity contribution in [1.82, 2.24) is 0 Å². The van der Waals surface area contributed by atoms with Crippen molar-refractivity contribution < 1.29 is 5.11 Å². The van der Waals surface area contributed by atoms with E-state index >= 15 is 0 Å². The van der Waals surface area contributed by atoms with E-state index in [9.17, 15) is 5.11 Å². The molecular formula is C11H25ClO. The van der Waals surface area contributed by atoms with Gasteiger partial charge in [0.1, 0.15) is 0 Å². The molecule has 0 aromatic carbocycles. The third-order valence-electron chi connectivity index (χ3n) is 2.59. The molecule has 0 radical (unpaired) electrons. The second kappa shape index (κ2) is 10.3. The fourth-order valence-corrected chi connectivity index (χ4v) is 1.31. The molecule has 0 bridgehead atoms. The first-order chi connectivity index (χ1) is 5.68. The second-order valence-corrected chi connectivity index (χ2v) is 3.92. The monoisotopic (exact) mass is 208 g/mol. The van der Waals surface area contributed by atoms with Gasteiger partial charge in [-0.25, -0.2) is 0 Å². The molecule has 2 atom stereocenters. The summed E-state index contributed by atoms with van der Waals surface area (Å²) < 4.78 is 0. The van der Waals surface area contributed by atoms with Crippen molar-refractivity contribution in [3.63, 3.8) is 0 Å². The highest BCUT2D eigenvalue weighted by Gasteiger charge is 2.07. The minimum Gasteiger partial charge on any atom is -0.393 e. The smallest absolute Gasteiger partial charge is 0.0537 e. The van der Waals surface area contributed by atoms with E-state index in [1.807, 2.05) is 6.92 Å². The highest BCUT2D eigenvalue weighted by atomic mass is 35.5. The molecule has 0 saturated heterocycles. The van der Waals surface area contributed by atoms with Crippen LogP contribution in [0.25, 0.3) is 0 Å². The van der Waals surface area contributed by atoms with E-state index < -0.39 is 0 Å². The van der Waals surface area contributed by atoms with Crippen LogP contribution >= 0.6 is 12.4 Å². The van der Waals surface area contributed by atoms with Gasteiger partial charge in [-0.05, 0) is 19.3 Å². The molecule has 0 aliphatic heterocycles. The van der Waals surface area contributed by atoms with Gasteiger partial charge in [0.15, 0.2) is 0 Å². The van der Waals surface area contributed by atoms with Gasteiger partial charge in [0.05, 0.1) is 6.10 Å². The molecule has 0 saturated carbocycles. The summed E-state index contributed by atoms with van der Waals surface area (Å²) >= 11 is 0. The number of hydrogen-bond acceptors (Lipinski definition) is 1. The van der Waals surface area contributed by atoms with Crippen LogP contribution in [0.3, 0.4) is 0 Å². The van der Waals surface area contributed by atoms with E-state index in [4.69, 9.17) is 0 Å². The molecule has 1 nitrogen and oxygen atoms in total. The number of aliphatic hydroxyl groups excluding tert-OH is 1. The quantitative estimate of drug-likeness (QED) is 0.632. The molecule has 2 unspecified atom stereocenters. The third-order valence-corrected chi connectivity index (χ3v) is 2.59. The zero-order valence-electron chi connectivity index (χ0n) is 9.25. The van der Waals surface area contributed by atoms with Gasteiger partial charge in [-0.3, -0.25) is 0 Å². The molecule has 0 aliphatic rings. The van der Waals surface area contributed by atoms with Gasteiger partial charge in [0.2, 0.25) is 0 Å². The van der Waals surface area contributed by atoms with Crippen LogP contribution in [0, 0.1) is 5.92 Å². The standard InChI is InChI=1S/C11H24O.ClH/c1-4-5-6-7-8-9-10(2)11(3)12;/h10-12H,4-9H2,1-3H3;1H. The molecular weight excluding hydrogens is 184 g/mol. The number of aliphatic hydroxyl groups is 1. The minimum atomic E-state index is -0.129. The van der Waals surface area contributed by atoms with Crippen LogP contribution in [0.15, 0.2) is 0 Å². The summed E-state index contributed by atoms with van der Waals surface area (Å²) in [5.74, 6) is 0.478. The van der Waals surface area contributed by atoms with E-state index in [1.54, 1.807) is 0 Å². The van der Waals surface area contributed by atoms with E-state index in [0.717, 1.165) is 0 Å². The lowest BCUT2D eigenvalue weighted by molar-refractivity contribution is 0.128. The number of halogens is 1. The molecule has 82 valence electrons. The summed E-state index contributed by atoms with van der Waals surface area (Å²) in [6, 6.07) is 0. The summed E-state index contributed by atoms with van der Waals surface area (Å²) in [6.07, 6.45) is 7.72. The molecule has 0 heterocycles. The maximum Gasteiger partial charge on any atom is 0.0537 e. The normalized spacial score (nSPS) is 14.8. The van der Waals surface area contributed by atoms with Gasteiger partial charge in [-0.1, -0.05) is 46.0 Å². The maximum absolute atomic E-state index is 9.22. The summed E-state index contributed by atoms with van der Waals surface area (Å²) in [7, 11) is 0. The van der Waals surface area contributed by atoms with Crippen LogP contribution in [0.5, 0.6) is 0 Å². The Labute approximate surface area is 89.3 Å². The molecule has 0 amide bonds. The topological polar surface area (TPSA) is 20.2 Å². The molecule has 0 aromatic heterocycles. The number of hydrogen-bond donors (Lipinski definition) is 1. The maximum atomic E-state index is 9.22. The van der Waals surface area contributed by atoms with Gasteiger partial charge in [-0.2, -0.15) is 0 Å². The predicted molar refractivity (Wildman–Crippen MR) is 61.5 cm³/mol. The fourth-order valence-electron chi connectivity index (χ4n) is 1.31. The molecule has 13 heavy (non-hydrogen) atoms. The van der Waals surface area contributed by atoms with Crippen molar-refractivity contribution in [2.45, 2.75) is 65.4 Å². The summed E-state index contributed by atoms with van der Waals surface area (Å²) in [4.78, 5) is 0. The lowest BCUT2D eigenvalue weighted by atomic mass is 9.98. The van der Waals surface area contributed by atoms with Crippen molar-refractivity contribution in [3.05, 3.63) is 0 Å². The van der Waals surface area contributed by atoms with Gasteiger partial charge in [0, 0.05) is 0 Å². The van der Waals surface area contributed by atoms with Crippen molar-refractivity contribution >= 4 is 12.4 Å². The van der Waals surface area contributed by atoms with Crippen LogP contribution in [-0.4, -0.2) is 11.2 Å².